The van der Waals surface area contributed by atoms with Crippen LogP contribution in [0.5, 0.6) is 0 Å². The van der Waals surface area contributed by atoms with Gasteiger partial charge in [0.15, 0.2) is 5.69 Å². The first-order valence-electron chi connectivity index (χ1n) is 6.27. The van der Waals surface area contributed by atoms with Crippen molar-refractivity contribution in [2.45, 2.75) is 36.7 Å². The van der Waals surface area contributed by atoms with Crippen LogP contribution < -0.4 is 5.32 Å². The predicted octanol–water partition coefficient (Wildman–Crippen LogP) is 3.11. The highest BCUT2D eigenvalue weighted by Crippen LogP contribution is 2.31. The number of thioether (sulfide) groups is 1. The van der Waals surface area contributed by atoms with Gasteiger partial charge in [-0.25, -0.2) is 0 Å². The zero-order valence-electron chi connectivity index (χ0n) is 10.9. The maximum Gasteiger partial charge on any atom is 0.434 e. The normalized spacial score (nSPS) is 22.8. The van der Waals surface area contributed by atoms with Crippen LogP contribution in [0.3, 0.4) is 0 Å². The highest BCUT2D eigenvalue weighted by molar-refractivity contribution is 7.99. The molecule has 0 radical (unpaired) electrons. The number of amides is 1. The molecule has 0 aromatic carbocycles. The second-order valence-corrected chi connectivity index (χ2v) is 5.88. The minimum Gasteiger partial charge on any atom is -0.349 e. The average Bonchev–Trinajstić information content (AvgIpc) is 2.85. The van der Waals surface area contributed by atoms with E-state index >= 15 is 0 Å². The molecule has 1 amide bonds. The molecule has 1 aliphatic carbocycles. The van der Waals surface area contributed by atoms with E-state index in [-0.39, 0.29) is 6.04 Å². The van der Waals surface area contributed by atoms with Crippen molar-refractivity contribution in [2.75, 3.05) is 6.26 Å². The number of hydrogen-bond acceptors (Lipinski definition) is 3. The number of carbonyl (C=O) groups excluding carboxylic acids is 1. The second-order valence-electron chi connectivity index (χ2n) is 4.74. The number of rotatable bonds is 3. The molecule has 20 heavy (non-hydrogen) atoms. The van der Waals surface area contributed by atoms with E-state index in [0.29, 0.717) is 5.25 Å². The van der Waals surface area contributed by atoms with Crippen LogP contribution in [-0.4, -0.2) is 28.4 Å². The van der Waals surface area contributed by atoms with Gasteiger partial charge in [0.1, 0.15) is 0 Å². The molecule has 2 atom stereocenters. The smallest absolute Gasteiger partial charge is 0.349 e. The minimum atomic E-state index is -4.62. The molecule has 1 heterocycles. The fourth-order valence-electron chi connectivity index (χ4n) is 2.36. The molecule has 0 spiro atoms. The first-order chi connectivity index (χ1) is 9.41. The SMILES string of the molecule is CS[C@H]1CC[C@H](NC(=O)c2cccnc2C(F)(F)F)C1. The van der Waals surface area contributed by atoms with E-state index < -0.39 is 23.3 Å². The first-order valence-corrected chi connectivity index (χ1v) is 7.56. The molecule has 0 bridgehead atoms. The number of halogens is 3. The van der Waals surface area contributed by atoms with Crippen LogP contribution in [0.15, 0.2) is 18.3 Å². The summed E-state index contributed by atoms with van der Waals surface area (Å²) in [5.41, 5.74) is -1.54. The molecule has 0 unspecified atom stereocenters. The third kappa shape index (κ3) is 3.45. The van der Waals surface area contributed by atoms with Gasteiger partial charge >= 0.3 is 6.18 Å². The molecule has 2 rings (SSSR count). The van der Waals surface area contributed by atoms with E-state index in [2.05, 4.69) is 10.3 Å². The predicted molar refractivity (Wildman–Crippen MR) is 71.6 cm³/mol. The van der Waals surface area contributed by atoms with Crippen LogP contribution in [0.1, 0.15) is 35.3 Å². The maximum absolute atomic E-state index is 12.8. The quantitative estimate of drug-likeness (QED) is 0.933. The third-order valence-corrected chi connectivity index (χ3v) is 4.47. The van der Waals surface area contributed by atoms with Crippen LogP contribution in [0, 0.1) is 0 Å². The van der Waals surface area contributed by atoms with Crippen LogP contribution in [0.25, 0.3) is 0 Å². The van der Waals surface area contributed by atoms with Gasteiger partial charge in [-0.1, -0.05) is 0 Å². The molecule has 0 aliphatic heterocycles. The van der Waals surface area contributed by atoms with Gasteiger partial charge in [-0.2, -0.15) is 24.9 Å². The standard InChI is InChI=1S/C13H15F3N2OS/c1-20-9-5-4-8(7-9)18-12(19)10-3-2-6-17-11(10)13(14,15)16/h2-3,6,8-9H,4-5,7H2,1H3,(H,18,19)/t8-,9-/m0/s1. The van der Waals surface area contributed by atoms with Crippen molar-refractivity contribution in [3.05, 3.63) is 29.6 Å². The number of aromatic nitrogens is 1. The Hall–Kier alpha value is -1.24. The van der Waals surface area contributed by atoms with Crippen molar-refractivity contribution < 1.29 is 18.0 Å². The Labute approximate surface area is 119 Å². The lowest BCUT2D eigenvalue weighted by Crippen LogP contribution is -2.34. The summed E-state index contributed by atoms with van der Waals surface area (Å²) in [4.78, 5) is 15.3. The van der Waals surface area contributed by atoms with Gasteiger partial charge in [-0.05, 0) is 37.7 Å². The molecule has 110 valence electrons. The van der Waals surface area contributed by atoms with E-state index in [1.54, 1.807) is 11.8 Å². The van der Waals surface area contributed by atoms with Crippen LogP contribution in [0.4, 0.5) is 13.2 Å². The van der Waals surface area contributed by atoms with E-state index in [9.17, 15) is 18.0 Å². The number of carbonyl (C=O) groups is 1. The molecule has 1 fully saturated rings. The summed E-state index contributed by atoms with van der Waals surface area (Å²) in [5, 5.41) is 3.15. The Morgan fingerprint density at radius 1 is 1.45 bits per heavy atom. The Morgan fingerprint density at radius 3 is 2.80 bits per heavy atom. The van der Waals surface area contributed by atoms with Gasteiger partial charge in [-0.3, -0.25) is 9.78 Å². The molecule has 1 N–H and O–H groups in total. The topological polar surface area (TPSA) is 42.0 Å². The first kappa shape index (κ1) is 15.2. The monoisotopic (exact) mass is 304 g/mol. The van der Waals surface area contributed by atoms with Crippen LogP contribution in [0.2, 0.25) is 0 Å². The minimum absolute atomic E-state index is 0.0544. The third-order valence-electron chi connectivity index (χ3n) is 3.37. The number of nitrogens with one attached hydrogen (secondary N) is 1. The summed E-state index contributed by atoms with van der Waals surface area (Å²) in [6.45, 7) is 0. The maximum atomic E-state index is 12.8. The summed E-state index contributed by atoms with van der Waals surface area (Å²) >= 11 is 1.72. The van der Waals surface area contributed by atoms with E-state index in [4.69, 9.17) is 0 Å². The summed E-state index contributed by atoms with van der Waals surface area (Å²) in [7, 11) is 0. The Kier molecular flexibility index (Phi) is 4.57. The lowest BCUT2D eigenvalue weighted by atomic mass is 10.1. The summed E-state index contributed by atoms with van der Waals surface area (Å²) < 4.78 is 38.4. The largest absolute Gasteiger partial charge is 0.434 e. The Balaban J connectivity index is 2.10. The van der Waals surface area contributed by atoms with E-state index in [1.807, 2.05) is 6.26 Å². The molecular weight excluding hydrogens is 289 g/mol. The van der Waals surface area contributed by atoms with Crippen LogP contribution >= 0.6 is 11.8 Å². The Bertz CT molecular complexity index is 493. The van der Waals surface area contributed by atoms with Gasteiger partial charge in [0.2, 0.25) is 0 Å². The lowest BCUT2D eigenvalue weighted by Gasteiger charge is -2.15. The van der Waals surface area contributed by atoms with Crippen molar-refractivity contribution in [3.8, 4) is 0 Å². The number of alkyl halides is 3. The molecule has 7 heteroatoms. The van der Waals surface area contributed by atoms with Gasteiger partial charge < -0.3 is 5.32 Å². The molecule has 3 nitrogen and oxygen atoms in total. The molecule has 1 saturated carbocycles. The molecule has 1 aliphatic rings. The van der Waals surface area contributed by atoms with Crippen molar-refractivity contribution in [3.63, 3.8) is 0 Å². The van der Waals surface area contributed by atoms with E-state index in [0.717, 1.165) is 31.5 Å². The van der Waals surface area contributed by atoms with Gasteiger partial charge in [0, 0.05) is 17.5 Å². The zero-order valence-corrected chi connectivity index (χ0v) is 11.7. The fraction of sp³-hybridized carbons (Fsp3) is 0.538. The number of hydrogen-bond donors (Lipinski definition) is 1. The molecule has 0 saturated heterocycles. The summed E-state index contributed by atoms with van der Waals surface area (Å²) in [6, 6.07) is 2.44. The molecule has 1 aromatic rings. The lowest BCUT2D eigenvalue weighted by molar-refractivity contribution is -0.141. The van der Waals surface area contributed by atoms with Crippen LogP contribution in [-0.2, 0) is 6.18 Å². The van der Waals surface area contributed by atoms with Crippen molar-refractivity contribution in [2.24, 2.45) is 0 Å². The number of pyridine rings is 1. The highest BCUT2D eigenvalue weighted by Gasteiger charge is 2.37. The summed E-state index contributed by atoms with van der Waals surface area (Å²) in [5.74, 6) is -0.697. The number of nitrogens with zero attached hydrogens (tertiary/aromatic N) is 1. The average molecular weight is 304 g/mol. The van der Waals surface area contributed by atoms with E-state index in [1.165, 1.54) is 6.07 Å². The molecular formula is C13H15F3N2OS. The zero-order chi connectivity index (χ0) is 14.8. The summed E-state index contributed by atoms with van der Waals surface area (Å²) in [6.07, 6.45) is 1.00. The second kappa shape index (κ2) is 6.03. The van der Waals surface area contributed by atoms with Crippen molar-refractivity contribution in [1.82, 2.24) is 10.3 Å². The molecule has 1 aromatic heterocycles. The van der Waals surface area contributed by atoms with Gasteiger partial charge in [-0.15, -0.1) is 0 Å². The van der Waals surface area contributed by atoms with Gasteiger partial charge in [0.05, 0.1) is 5.56 Å². The van der Waals surface area contributed by atoms with Gasteiger partial charge in [0.25, 0.3) is 5.91 Å². The Morgan fingerprint density at radius 2 is 2.20 bits per heavy atom. The fourth-order valence-corrected chi connectivity index (χ4v) is 3.16. The van der Waals surface area contributed by atoms with Crippen molar-refractivity contribution in [1.29, 1.82) is 0 Å². The van der Waals surface area contributed by atoms with Crippen molar-refractivity contribution >= 4 is 17.7 Å². The highest BCUT2D eigenvalue weighted by atomic mass is 32.2.